The smallest absolute Gasteiger partial charge is 0.366 e. The SMILES string of the molecule is Cc1ccc(C2(C(F)(F)F)C=CC=C(C(N)=O)C2)cc1C=Cn1cnc2c(Nc3ccncn3)ncnc21. The highest BCUT2D eigenvalue weighted by Gasteiger charge is 2.55. The molecule has 3 aromatic heterocycles. The number of fused-ring (bicyclic) bond motifs is 1. The summed E-state index contributed by atoms with van der Waals surface area (Å²) >= 11 is 0. The number of hydrogen-bond donors (Lipinski definition) is 2. The Morgan fingerprint density at radius 3 is 2.74 bits per heavy atom. The zero-order valence-corrected chi connectivity index (χ0v) is 20.0. The molecule has 0 radical (unpaired) electrons. The van der Waals surface area contributed by atoms with Crippen molar-refractivity contribution in [3.8, 4) is 0 Å². The van der Waals surface area contributed by atoms with Crippen molar-refractivity contribution in [2.75, 3.05) is 5.32 Å². The van der Waals surface area contributed by atoms with E-state index in [1.807, 2.05) is 0 Å². The standard InChI is InChI=1S/C26H21F3N8O/c1-16-4-5-19(25(26(27,28)29)8-2-3-18(12-25)22(30)38)11-17(16)7-10-37-15-35-21-23(33-14-34-24(21)37)36-20-6-9-31-13-32-20/h2-11,13-15H,12H2,1H3,(H2,30,38)(H,31,32,33,34,36). The second kappa shape index (κ2) is 9.54. The first-order chi connectivity index (χ1) is 18.2. The molecule has 1 aliphatic carbocycles. The first-order valence-corrected chi connectivity index (χ1v) is 11.4. The second-order valence-electron chi connectivity index (χ2n) is 8.71. The summed E-state index contributed by atoms with van der Waals surface area (Å²) < 4.78 is 45.0. The van der Waals surface area contributed by atoms with E-state index < -0.39 is 23.9 Å². The fourth-order valence-electron chi connectivity index (χ4n) is 4.27. The number of aromatic nitrogens is 6. The van der Waals surface area contributed by atoms with Crippen molar-refractivity contribution < 1.29 is 18.0 Å². The van der Waals surface area contributed by atoms with Gasteiger partial charge in [0.2, 0.25) is 5.91 Å². The van der Waals surface area contributed by atoms with Gasteiger partial charge in [-0.3, -0.25) is 9.36 Å². The van der Waals surface area contributed by atoms with Crippen molar-refractivity contribution in [2.24, 2.45) is 5.73 Å². The van der Waals surface area contributed by atoms with E-state index in [1.54, 1.807) is 42.1 Å². The number of allylic oxidation sites excluding steroid dienone is 3. The second-order valence-corrected chi connectivity index (χ2v) is 8.71. The molecule has 38 heavy (non-hydrogen) atoms. The van der Waals surface area contributed by atoms with Gasteiger partial charge in [-0.25, -0.2) is 24.9 Å². The lowest BCUT2D eigenvalue weighted by molar-refractivity contribution is -0.176. The van der Waals surface area contributed by atoms with Crippen molar-refractivity contribution >= 4 is 41.0 Å². The number of anilines is 2. The van der Waals surface area contributed by atoms with Gasteiger partial charge in [-0.1, -0.05) is 36.4 Å². The van der Waals surface area contributed by atoms with Crippen LogP contribution in [0.25, 0.3) is 23.4 Å². The summed E-state index contributed by atoms with van der Waals surface area (Å²) in [5.41, 5.74) is 5.15. The number of halogens is 3. The number of nitrogens with zero attached hydrogens (tertiary/aromatic N) is 6. The zero-order chi connectivity index (χ0) is 26.9. The van der Waals surface area contributed by atoms with E-state index in [-0.39, 0.29) is 11.1 Å². The maximum absolute atomic E-state index is 14.4. The van der Waals surface area contributed by atoms with E-state index in [0.29, 0.717) is 28.4 Å². The number of carbonyl (C=O) groups excluding carboxylic acids is 1. The van der Waals surface area contributed by atoms with Gasteiger partial charge >= 0.3 is 6.18 Å². The molecule has 1 atom stereocenters. The first kappa shape index (κ1) is 24.8. The highest BCUT2D eigenvalue weighted by Crippen LogP contribution is 2.48. The van der Waals surface area contributed by atoms with Crippen LogP contribution in [0.15, 0.2) is 73.2 Å². The molecule has 5 rings (SSSR count). The number of hydrogen-bond acceptors (Lipinski definition) is 7. The quantitative estimate of drug-likeness (QED) is 0.386. The van der Waals surface area contributed by atoms with Crippen LogP contribution < -0.4 is 11.1 Å². The molecule has 3 heterocycles. The number of nitrogens with two attached hydrogens (primary N) is 1. The van der Waals surface area contributed by atoms with Gasteiger partial charge in [-0.2, -0.15) is 13.2 Å². The Bertz CT molecular complexity index is 1610. The molecule has 0 saturated carbocycles. The van der Waals surface area contributed by atoms with Crippen LogP contribution in [0, 0.1) is 6.92 Å². The molecular weight excluding hydrogens is 497 g/mol. The number of benzene rings is 1. The third-order valence-electron chi connectivity index (χ3n) is 6.37. The van der Waals surface area contributed by atoms with E-state index in [2.05, 4.69) is 30.2 Å². The van der Waals surface area contributed by atoms with Crippen LogP contribution in [-0.2, 0) is 10.2 Å². The van der Waals surface area contributed by atoms with Crippen LogP contribution in [0.4, 0.5) is 24.8 Å². The van der Waals surface area contributed by atoms with Gasteiger partial charge in [-0.15, -0.1) is 0 Å². The summed E-state index contributed by atoms with van der Waals surface area (Å²) in [5.74, 6) is 0.0912. The number of rotatable bonds is 6. The minimum atomic E-state index is -4.65. The molecule has 12 heteroatoms. The van der Waals surface area contributed by atoms with Gasteiger partial charge in [-0.05, 0) is 42.2 Å². The van der Waals surface area contributed by atoms with E-state index in [4.69, 9.17) is 5.73 Å². The number of amides is 1. The first-order valence-electron chi connectivity index (χ1n) is 11.4. The van der Waals surface area contributed by atoms with E-state index in [0.717, 1.165) is 11.6 Å². The minimum Gasteiger partial charge on any atom is -0.366 e. The van der Waals surface area contributed by atoms with Gasteiger partial charge in [0.25, 0.3) is 0 Å². The number of imidazole rings is 1. The Balaban J connectivity index is 1.50. The van der Waals surface area contributed by atoms with E-state index in [1.165, 1.54) is 43.3 Å². The highest BCUT2D eigenvalue weighted by molar-refractivity contribution is 5.93. The van der Waals surface area contributed by atoms with E-state index in [9.17, 15) is 18.0 Å². The largest absolute Gasteiger partial charge is 0.402 e. The lowest BCUT2D eigenvalue weighted by Gasteiger charge is -2.36. The Morgan fingerprint density at radius 2 is 2.00 bits per heavy atom. The maximum Gasteiger partial charge on any atom is 0.402 e. The zero-order valence-electron chi connectivity index (χ0n) is 20.0. The van der Waals surface area contributed by atoms with Gasteiger partial charge < -0.3 is 11.1 Å². The number of primary amides is 1. The van der Waals surface area contributed by atoms with Crippen LogP contribution in [0.3, 0.4) is 0 Å². The summed E-state index contributed by atoms with van der Waals surface area (Å²) in [5, 5.41) is 3.06. The monoisotopic (exact) mass is 518 g/mol. The summed E-state index contributed by atoms with van der Waals surface area (Å²) in [6, 6.07) is 6.21. The molecule has 192 valence electrons. The van der Waals surface area contributed by atoms with Crippen molar-refractivity contribution in [3.05, 3.63) is 89.9 Å². The Labute approximate surface area is 214 Å². The number of alkyl halides is 3. The van der Waals surface area contributed by atoms with E-state index >= 15 is 0 Å². The van der Waals surface area contributed by atoms with Crippen LogP contribution in [0.1, 0.15) is 23.1 Å². The van der Waals surface area contributed by atoms with Crippen molar-refractivity contribution in [3.63, 3.8) is 0 Å². The van der Waals surface area contributed by atoms with Crippen LogP contribution in [0.5, 0.6) is 0 Å². The predicted molar refractivity (Wildman–Crippen MR) is 136 cm³/mol. The molecule has 4 aromatic rings. The van der Waals surface area contributed by atoms with Crippen LogP contribution >= 0.6 is 0 Å². The van der Waals surface area contributed by atoms with Gasteiger partial charge in [0.05, 0.1) is 0 Å². The molecule has 0 fully saturated rings. The van der Waals surface area contributed by atoms with Crippen molar-refractivity contribution in [2.45, 2.75) is 24.9 Å². The van der Waals surface area contributed by atoms with Gasteiger partial charge in [0.1, 0.15) is 30.2 Å². The topological polar surface area (TPSA) is 124 Å². The summed E-state index contributed by atoms with van der Waals surface area (Å²) in [6.45, 7) is 1.80. The molecular formula is C26H21F3N8O. The third kappa shape index (κ3) is 4.51. The predicted octanol–water partition coefficient (Wildman–Crippen LogP) is 4.47. The fraction of sp³-hybridized carbons (Fsp3) is 0.154. The lowest BCUT2D eigenvalue weighted by atomic mass is 9.71. The summed E-state index contributed by atoms with van der Waals surface area (Å²) in [7, 11) is 0. The molecule has 1 aromatic carbocycles. The molecule has 1 amide bonds. The molecule has 0 bridgehead atoms. The molecule has 1 aliphatic rings. The van der Waals surface area contributed by atoms with Crippen LogP contribution in [-0.4, -0.2) is 41.6 Å². The molecule has 1 unspecified atom stereocenters. The average molecular weight is 519 g/mol. The normalized spacial score (nSPS) is 17.6. The molecule has 0 aliphatic heterocycles. The third-order valence-corrected chi connectivity index (χ3v) is 6.37. The number of aryl methyl sites for hydroxylation is 1. The Morgan fingerprint density at radius 1 is 1.16 bits per heavy atom. The summed E-state index contributed by atoms with van der Waals surface area (Å²) in [4.78, 5) is 32.6. The fourth-order valence-corrected chi connectivity index (χ4v) is 4.27. The maximum atomic E-state index is 14.4. The van der Waals surface area contributed by atoms with Crippen molar-refractivity contribution in [1.29, 1.82) is 0 Å². The average Bonchev–Trinajstić information content (AvgIpc) is 3.32. The molecule has 9 nitrogen and oxygen atoms in total. The molecule has 0 saturated heterocycles. The van der Waals surface area contributed by atoms with Gasteiger partial charge in [0, 0.05) is 18.0 Å². The highest BCUT2D eigenvalue weighted by atomic mass is 19.4. The Kier molecular flexibility index (Phi) is 6.23. The molecule has 0 spiro atoms. The van der Waals surface area contributed by atoms with Crippen LogP contribution in [0.2, 0.25) is 0 Å². The van der Waals surface area contributed by atoms with Crippen molar-refractivity contribution in [1.82, 2.24) is 29.5 Å². The Hall–Kier alpha value is -4.87. The number of carbonyl (C=O) groups is 1. The summed E-state index contributed by atoms with van der Waals surface area (Å²) in [6.07, 6.45) is 7.64. The lowest BCUT2D eigenvalue weighted by Crippen LogP contribution is -2.43. The minimum absolute atomic E-state index is 0.00695. The van der Waals surface area contributed by atoms with Gasteiger partial charge in [0.15, 0.2) is 17.0 Å². The number of nitrogens with one attached hydrogen (secondary N) is 1. The molecule has 3 N–H and O–H groups in total.